The zero-order chi connectivity index (χ0) is 20.8. The van der Waals surface area contributed by atoms with Crippen LogP contribution >= 0.6 is 0 Å². The van der Waals surface area contributed by atoms with Gasteiger partial charge in [0.1, 0.15) is 0 Å². The standard InChI is InChI=1S/C22H28N4O3/c1-22(2,3)26-17(9-8-14-10-12-25(13-11-14)21(28)29)18-15-6-4-5-7-16(15)23-20(27)19(18)24-26/h4-7,14H,8-13H2,1-3H3,(H,23,27)(H,28,29). The molecule has 1 amide bonds. The number of hydrogen-bond donors (Lipinski definition) is 2. The Morgan fingerprint density at radius 1 is 1.24 bits per heavy atom. The molecule has 0 atom stereocenters. The van der Waals surface area contributed by atoms with Crippen molar-refractivity contribution in [1.82, 2.24) is 19.7 Å². The fourth-order valence-electron chi connectivity index (χ4n) is 4.43. The minimum Gasteiger partial charge on any atom is -0.465 e. The molecule has 1 saturated heterocycles. The number of aromatic amines is 1. The number of rotatable bonds is 3. The highest BCUT2D eigenvalue weighted by Gasteiger charge is 2.26. The molecule has 3 aromatic rings. The van der Waals surface area contributed by atoms with Gasteiger partial charge in [0.2, 0.25) is 0 Å². The highest BCUT2D eigenvalue weighted by atomic mass is 16.4. The zero-order valence-corrected chi connectivity index (χ0v) is 17.2. The average Bonchev–Trinajstić information content (AvgIpc) is 3.08. The Kier molecular flexibility index (Phi) is 4.84. The van der Waals surface area contributed by atoms with Gasteiger partial charge in [-0.15, -0.1) is 0 Å². The van der Waals surface area contributed by atoms with Crippen LogP contribution in [0.4, 0.5) is 4.79 Å². The molecular weight excluding hydrogens is 368 g/mol. The number of carboxylic acid groups (broad SMARTS) is 1. The SMILES string of the molecule is CC(C)(C)n1nc2c(=O)[nH]c3ccccc3c2c1CCC1CCN(C(=O)O)CC1. The number of pyridine rings is 1. The van der Waals surface area contributed by atoms with Crippen LogP contribution < -0.4 is 5.56 Å². The van der Waals surface area contributed by atoms with Crippen molar-refractivity contribution in [3.63, 3.8) is 0 Å². The van der Waals surface area contributed by atoms with Crippen LogP contribution in [0.1, 0.15) is 45.7 Å². The summed E-state index contributed by atoms with van der Waals surface area (Å²) in [5.41, 5.74) is 2.02. The molecular formula is C22H28N4O3. The van der Waals surface area contributed by atoms with E-state index in [0.717, 1.165) is 47.7 Å². The van der Waals surface area contributed by atoms with E-state index in [1.807, 2.05) is 28.9 Å². The number of aromatic nitrogens is 3. The number of benzene rings is 1. The van der Waals surface area contributed by atoms with Crippen LogP contribution in [0.15, 0.2) is 29.1 Å². The van der Waals surface area contributed by atoms with E-state index < -0.39 is 6.09 Å². The molecule has 1 aliphatic rings. The van der Waals surface area contributed by atoms with Crippen LogP contribution in [0.5, 0.6) is 0 Å². The lowest BCUT2D eigenvalue weighted by Gasteiger charge is -2.30. The normalized spacial score (nSPS) is 16.0. The van der Waals surface area contributed by atoms with E-state index in [1.165, 1.54) is 4.90 Å². The number of amides is 1. The molecule has 1 fully saturated rings. The fourth-order valence-corrected chi connectivity index (χ4v) is 4.43. The first-order valence-electron chi connectivity index (χ1n) is 10.3. The van der Waals surface area contributed by atoms with Gasteiger partial charge in [-0.2, -0.15) is 5.10 Å². The zero-order valence-electron chi connectivity index (χ0n) is 17.2. The Morgan fingerprint density at radius 2 is 1.93 bits per heavy atom. The molecule has 3 heterocycles. The third-order valence-electron chi connectivity index (χ3n) is 5.95. The van der Waals surface area contributed by atoms with Gasteiger partial charge in [-0.3, -0.25) is 9.48 Å². The van der Waals surface area contributed by atoms with Gasteiger partial charge in [0, 0.05) is 35.1 Å². The molecule has 2 N–H and O–H groups in total. The lowest BCUT2D eigenvalue weighted by Crippen LogP contribution is -2.37. The second-order valence-electron chi connectivity index (χ2n) is 9.00. The van der Waals surface area contributed by atoms with Crippen molar-refractivity contribution in [2.45, 2.75) is 52.0 Å². The van der Waals surface area contributed by atoms with Crippen molar-refractivity contribution in [2.24, 2.45) is 5.92 Å². The molecule has 4 rings (SSSR count). The Labute approximate surface area is 169 Å². The molecule has 0 radical (unpaired) electrons. The number of piperidine rings is 1. The van der Waals surface area contributed by atoms with E-state index >= 15 is 0 Å². The Bertz CT molecular complexity index is 1110. The third kappa shape index (κ3) is 3.61. The number of fused-ring (bicyclic) bond motifs is 3. The van der Waals surface area contributed by atoms with Crippen LogP contribution in [0, 0.1) is 5.92 Å². The van der Waals surface area contributed by atoms with Gasteiger partial charge >= 0.3 is 6.09 Å². The number of nitrogens with one attached hydrogen (secondary N) is 1. The molecule has 0 aliphatic carbocycles. The predicted molar refractivity (Wildman–Crippen MR) is 113 cm³/mol. The first-order valence-corrected chi connectivity index (χ1v) is 10.3. The summed E-state index contributed by atoms with van der Waals surface area (Å²) in [7, 11) is 0. The molecule has 0 bridgehead atoms. The summed E-state index contributed by atoms with van der Waals surface area (Å²) < 4.78 is 2.01. The van der Waals surface area contributed by atoms with E-state index in [-0.39, 0.29) is 11.1 Å². The van der Waals surface area contributed by atoms with Gasteiger partial charge in [-0.05, 0) is 58.4 Å². The summed E-state index contributed by atoms with van der Waals surface area (Å²) in [6.07, 6.45) is 2.72. The summed E-state index contributed by atoms with van der Waals surface area (Å²) in [5.74, 6) is 0.484. The molecule has 7 heteroatoms. The minimum atomic E-state index is -0.828. The third-order valence-corrected chi connectivity index (χ3v) is 5.95. The fraction of sp³-hybridized carbons (Fsp3) is 0.500. The van der Waals surface area contributed by atoms with Crippen molar-refractivity contribution >= 4 is 27.9 Å². The smallest absolute Gasteiger partial charge is 0.407 e. The van der Waals surface area contributed by atoms with E-state index in [4.69, 9.17) is 10.2 Å². The highest BCUT2D eigenvalue weighted by Crippen LogP contribution is 2.31. The number of likely N-dealkylation sites (tertiary alicyclic amines) is 1. The van der Waals surface area contributed by atoms with E-state index in [0.29, 0.717) is 24.5 Å². The number of aryl methyl sites for hydroxylation is 1. The van der Waals surface area contributed by atoms with Gasteiger partial charge in [-0.1, -0.05) is 18.2 Å². The topological polar surface area (TPSA) is 91.2 Å². The predicted octanol–water partition coefficient (Wildman–Crippen LogP) is 3.96. The van der Waals surface area contributed by atoms with Crippen molar-refractivity contribution in [1.29, 1.82) is 0 Å². The van der Waals surface area contributed by atoms with Gasteiger partial charge in [-0.25, -0.2) is 4.79 Å². The van der Waals surface area contributed by atoms with Crippen molar-refractivity contribution in [3.8, 4) is 0 Å². The van der Waals surface area contributed by atoms with Crippen LogP contribution in [0.25, 0.3) is 21.8 Å². The molecule has 1 aromatic carbocycles. The highest BCUT2D eigenvalue weighted by molar-refractivity contribution is 6.05. The summed E-state index contributed by atoms with van der Waals surface area (Å²) in [4.78, 5) is 28.3. The molecule has 0 saturated carbocycles. The molecule has 1 aliphatic heterocycles. The quantitative estimate of drug-likeness (QED) is 0.701. The molecule has 2 aromatic heterocycles. The van der Waals surface area contributed by atoms with Crippen LogP contribution in [0.2, 0.25) is 0 Å². The van der Waals surface area contributed by atoms with E-state index in [2.05, 4.69) is 25.8 Å². The van der Waals surface area contributed by atoms with Crippen LogP contribution in [0.3, 0.4) is 0 Å². The monoisotopic (exact) mass is 396 g/mol. The van der Waals surface area contributed by atoms with E-state index in [1.54, 1.807) is 0 Å². The Morgan fingerprint density at radius 3 is 2.59 bits per heavy atom. The van der Waals surface area contributed by atoms with Crippen molar-refractivity contribution < 1.29 is 9.90 Å². The molecule has 0 spiro atoms. The maximum absolute atomic E-state index is 12.7. The number of para-hydroxylation sites is 1. The Hall–Kier alpha value is -2.83. The van der Waals surface area contributed by atoms with E-state index in [9.17, 15) is 9.59 Å². The summed E-state index contributed by atoms with van der Waals surface area (Å²) in [5, 5.41) is 15.8. The second-order valence-corrected chi connectivity index (χ2v) is 9.00. The van der Waals surface area contributed by atoms with Crippen molar-refractivity contribution in [3.05, 3.63) is 40.3 Å². The lowest BCUT2D eigenvalue weighted by atomic mass is 9.90. The second kappa shape index (κ2) is 7.21. The number of carbonyl (C=O) groups is 1. The Balaban J connectivity index is 1.72. The van der Waals surface area contributed by atoms with Crippen molar-refractivity contribution in [2.75, 3.05) is 13.1 Å². The average molecular weight is 396 g/mol. The summed E-state index contributed by atoms with van der Waals surface area (Å²) in [6.45, 7) is 7.50. The summed E-state index contributed by atoms with van der Waals surface area (Å²) >= 11 is 0. The van der Waals surface area contributed by atoms with Gasteiger partial charge in [0.15, 0.2) is 5.52 Å². The number of nitrogens with zero attached hydrogens (tertiary/aromatic N) is 3. The van der Waals surface area contributed by atoms with Gasteiger partial charge in [0.05, 0.1) is 5.54 Å². The first kappa shape index (κ1) is 19.5. The summed E-state index contributed by atoms with van der Waals surface area (Å²) in [6, 6.07) is 7.88. The maximum Gasteiger partial charge on any atom is 0.407 e. The van der Waals surface area contributed by atoms with Gasteiger partial charge < -0.3 is 15.0 Å². The number of H-pyrrole nitrogens is 1. The molecule has 154 valence electrons. The number of hydrogen-bond acceptors (Lipinski definition) is 3. The largest absolute Gasteiger partial charge is 0.465 e. The van der Waals surface area contributed by atoms with Gasteiger partial charge in [0.25, 0.3) is 5.56 Å². The van der Waals surface area contributed by atoms with Crippen LogP contribution in [-0.2, 0) is 12.0 Å². The molecule has 7 nitrogen and oxygen atoms in total. The molecule has 29 heavy (non-hydrogen) atoms. The lowest BCUT2D eigenvalue weighted by molar-refractivity contribution is 0.123. The van der Waals surface area contributed by atoms with Crippen LogP contribution in [-0.4, -0.2) is 44.0 Å². The first-order chi connectivity index (χ1) is 13.8. The maximum atomic E-state index is 12.7. The minimum absolute atomic E-state index is 0.155. The molecule has 0 unspecified atom stereocenters.